The summed E-state index contributed by atoms with van der Waals surface area (Å²) < 4.78 is 2.25. The van der Waals surface area contributed by atoms with Gasteiger partial charge in [0.05, 0.1) is 28.8 Å². The van der Waals surface area contributed by atoms with E-state index >= 15 is 0 Å². The summed E-state index contributed by atoms with van der Waals surface area (Å²) in [5, 5.41) is 0. The van der Waals surface area contributed by atoms with Crippen LogP contribution >= 0.6 is 0 Å². The Labute approximate surface area is 168 Å². The van der Waals surface area contributed by atoms with Crippen molar-refractivity contribution in [1.82, 2.24) is 29.4 Å². The lowest BCUT2D eigenvalue weighted by Crippen LogP contribution is -2.36. The molecule has 0 aliphatic carbocycles. The largest absolute Gasteiger partial charge is 0.327 e. The van der Waals surface area contributed by atoms with Crippen molar-refractivity contribution in [1.29, 1.82) is 0 Å². The summed E-state index contributed by atoms with van der Waals surface area (Å²) in [5.74, 6) is 1.65. The average Bonchev–Trinajstić information content (AvgIpc) is 3.11. The summed E-state index contributed by atoms with van der Waals surface area (Å²) >= 11 is 0. The molecule has 0 unspecified atom stereocenters. The predicted octanol–water partition coefficient (Wildman–Crippen LogP) is 2.76. The molecule has 4 heterocycles. The van der Waals surface area contributed by atoms with Gasteiger partial charge in [-0.2, -0.15) is 0 Å². The normalized spacial score (nSPS) is 14.2. The number of fused-ring (bicyclic) bond motifs is 2. The lowest BCUT2D eigenvalue weighted by atomic mass is 10.1. The minimum Gasteiger partial charge on any atom is -0.327 e. The zero-order valence-corrected chi connectivity index (χ0v) is 16.3. The van der Waals surface area contributed by atoms with Crippen LogP contribution in [0, 0.1) is 0 Å². The Morgan fingerprint density at radius 2 is 1.93 bits per heavy atom. The second kappa shape index (κ2) is 7.25. The number of aromatic nitrogens is 5. The Kier molecular flexibility index (Phi) is 4.44. The third-order valence-electron chi connectivity index (χ3n) is 5.52. The number of H-pyrrole nitrogens is 1. The quantitative estimate of drug-likeness (QED) is 0.583. The summed E-state index contributed by atoms with van der Waals surface area (Å²) in [6.07, 6.45) is 4.16. The predicted molar refractivity (Wildman–Crippen MR) is 111 cm³/mol. The van der Waals surface area contributed by atoms with Crippen LogP contribution in [-0.4, -0.2) is 35.9 Å². The Morgan fingerprint density at radius 1 is 1.10 bits per heavy atom. The number of aryl methyl sites for hydroxylation is 1. The first-order valence-corrected chi connectivity index (χ1v) is 9.92. The second-order valence-electron chi connectivity index (χ2n) is 7.30. The van der Waals surface area contributed by atoms with Crippen molar-refractivity contribution < 1.29 is 0 Å². The highest BCUT2D eigenvalue weighted by molar-refractivity contribution is 5.75. The van der Waals surface area contributed by atoms with Crippen molar-refractivity contribution in [3.05, 3.63) is 76.2 Å². The SMILES string of the molecule is CCn1c(CN2CCc3nc(-c4ccncc4)[nH]c(=O)c3C2)nc2ccccc21. The Bertz CT molecular complexity index is 1230. The molecule has 1 N–H and O–H groups in total. The summed E-state index contributed by atoms with van der Waals surface area (Å²) in [5.41, 5.74) is 4.63. The molecular formula is C22H22N6O. The van der Waals surface area contributed by atoms with Crippen molar-refractivity contribution in [2.75, 3.05) is 6.54 Å². The molecule has 1 aromatic carbocycles. The lowest BCUT2D eigenvalue weighted by molar-refractivity contribution is 0.233. The molecule has 0 atom stereocenters. The summed E-state index contributed by atoms with van der Waals surface area (Å²) in [4.78, 5) is 31.5. The molecule has 0 fully saturated rings. The van der Waals surface area contributed by atoms with Gasteiger partial charge in [-0.1, -0.05) is 12.1 Å². The molecule has 0 spiro atoms. The van der Waals surface area contributed by atoms with Gasteiger partial charge in [0.15, 0.2) is 0 Å². The minimum atomic E-state index is -0.0597. The first-order valence-electron chi connectivity index (χ1n) is 9.92. The van der Waals surface area contributed by atoms with E-state index in [0.29, 0.717) is 18.9 Å². The van der Waals surface area contributed by atoms with Gasteiger partial charge in [0.2, 0.25) is 0 Å². The molecule has 0 radical (unpaired) electrons. The standard InChI is InChI=1S/C22H22N6O/c1-2-28-19-6-4-3-5-18(19)24-20(28)14-27-12-9-17-16(13-27)22(29)26-21(25-17)15-7-10-23-11-8-15/h3-8,10-11H,2,9,12-14H2,1H3,(H,25,26,29). The van der Waals surface area contributed by atoms with E-state index in [0.717, 1.165) is 53.2 Å². The van der Waals surface area contributed by atoms with Gasteiger partial charge in [0.1, 0.15) is 11.6 Å². The summed E-state index contributed by atoms with van der Waals surface area (Å²) in [7, 11) is 0. The van der Waals surface area contributed by atoms with Gasteiger partial charge in [0, 0.05) is 44.0 Å². The molecule has 146 valence electrons. The number of imidazole rings is 1. The van der Waals surface area contributed by atoms with E-state index in [-0.39, 0.29) is 5.56 Å². The van der Waals surface area contributed by atoms with E-state index in [1.54, 1.807) is 12.4 Å². The van der Waals surface area contributed by atoms with Crippen LogP contribution in [0.15, 0.2) is 53.6 Å². The topological polar surface area (TPSA) is 79.7 Å². The second-order valence-corrected chi connectivity index (χ2v) is 7.30. The number of para-hydroxylation sites is 2. The maximum atomic E-state index is 12.8. The van der Waals surface area contributed by atoms with Crippen molar-refractivity contribution in [2.24, 2.45) is 0 Å². The number of pyridine rings is 1. The molecule has 0 bridgehead atoms. The fraction of sp³-hybridized carbons (Fsp3) is 0.273. The zero-order chi connectivity index (χ0) is 19.8. The van der Waals surface area contributed by atoms with Crippen molar-refractivity contribution in [3.8, 4) is 11.4 Å². The zero-order valence-electron chi connectivity index (χ0n) is 16.3. The third kappa shape index (κ3) is 3.23. The molecule has 0 amide bonds. The number of nitrogens with zero attached hydrogens (tertiary/aromatic N) is 5. The molecule has 0 saturated heterocycles. The van der Waals surface area contributed by atoms with Gasteiger partial charge >= 0.3 is 0 Å². The Balaban J connectivity index is 1.43. The van der Waals surface area contributed by atoms with E-state index in [2.05, 4.69) is 32.4 Å². The fourth-order valence-electron chi connectivity index (χ4n) is 4.06. The number of benzene rings is 1. The first-order chi connectivity index (χ1) is 14.2. The highest BCUT2D eigenvalue weighted by Crippen LogP contribution is 2.21. The van der Waals surface area contributed by atoms with Crippen LogP contribution in [0.4, 0.5) is 0 Å². The summed E-state index contributed by atoms with van der Waals surface area (Å²) in [6.45, 7) is 5.16. The Hall–Kier alpha value is -3.32. The molecule has 7 nitrogen and oxygen atoms in total. The van der Waals surface area contributed by atoms with Crippen LogP contribution in [0.25, 0.3) is 22.4 Å². The van der Waals surface area contributed by atoms with Gasteiger partial charge < -0.3 is 9.55 Å². The molecule has 3 aromatic heterocycles. The van der Waals surface area contributed by atoms with Crippen LogP contribution in [0.2, 0.25) is 0 Å². The fourth-order valence-corrected chi connectivity index (χ4v) is 4.06. The maximum Gasteiger partial charge on any atom is 0.255 e. The molecular weight excluding hydrogens is 364 g/mol. The van der Waals surface area contributed by atoms with Gasteiger partial charge in [0.25, 0.3) is 5.56 Å². The van der Waals surface area contributed by atoms with E-state index in [9.17, 15) is 4.79 Å². The van der Waals surface area contributed by atoms with Gasteiger partial charge in [-0.25, -0.2) is 9.97 Å². The highest BCUT2D eigenvalue weighted by Gasteiger charge is 2.23. The Morgan fingerprint density at radius 3 is 2.76 bits per heavy atom. The van der Waals surface area contributed by atoms with Crippen molar-refractivity contribution >= 4 is 11.0 Å². The molecule has 7 heteroatoms. The van der Waals surface area contributed by atoms with Gasteiger partial charge in [-0.3, -0.25) is 14.7 Å². The van der Waals surface area contributed by atoms with E-state index < -0.39 is 0 Å². The van der Waals surface area contributed by atoms with Crippen LogP contribution in [0.3, 0.4) is 0 Å². The highest BCUT2D eigenvalue weighted by atomic mass is 16.1. The average molecular weight is 386 g/mol. The minimum absolute atomic E-state index is 0.0597. The maximum absolute atomic E-state index is 12.8. The van der Waals surface area contributed by atoms with Crippen LogP contribution in [-0.2, 0) is 26.1 Å². The third-order valence-corrected chi connectivity index (χ3v) is 5.52. The van der Waals surface area contributed by atoms with E-state index in [4.69, 9.17) is 9.97 Å². The van der Waals surface area contributed by atoms with E-state index in [1.807, 2.05) is 30.3 Å². The van der Waals surface area contributed by atoms with Crippen LogP contribution in [0.5, 0.6) is 0 Å². The molecule has 29 heavy (non-hydrogen) atoms. The van der Waals surface area contributed by atoms with Crippen molar-refractivity contribution in [3.63, 3.8) is 0 Å². The van der Waals surface area contributed by atoms with Gasteiger partial charge in [-0.05, 0) is 31.2 Å². The number of nitrogens with one attached hydrogen (secondary N) is 1. The number of hydrogen-bond donors (Lipinski definition) is 1. The summed E-state index contributed by atoms with van der Waals surface area (Å²) in [6, 6.07) is 11.9. The van der Waals surface area contributed by atoms with Crippen LogP contribution in [0.1, 0.15) is 24.0 Å². The number of rotatable bonds is 4. The lowest BCUT2D eigenvalue weighted by Gasteiger charge is -2.27. The first kappa shape index (κ1) is 17.8. The molecule has 1 aliphatic heterocycles. The van der Waals surface area contributed by atoms with Gasteiger partial charge in [-0.15, -0.1) is 0 Å². The molecule has 0 saturated carbocycles. The number of aromatic amines is 1. The smallest absolute Gasteiger partial charge is 0.255 e. The van der Waals surface area contributed by atoms with Crippen molar-refractivity contribution in [2.45, 2.75) is 33.0 Å². The monoisotopic (exact) mass is 386 g/mol. The molecule has 1 aliphatic rings. The van der Waals surface area contributed by atoms with Crippen LogP contribution < -0.4 is 5.56 Å². The molecule has 4 aromatic rings. The number of hydrogen-bond acceptors (Lipinski definition) is 5. The molecule has 5 rings (SSSR count). The van der Waals surface area contributed by atoms with E-state index in [1.165, 1.54) is 0 Å².